The van der Waals surface area contributed by atoms with Crippen LogP contribution in [-0.4, -0.2) is 41.6 Å². The fourth-order valence-electron chi connectivity index (χ4n) is 2.29. The Morgan fingerprint density at radius 1 is 1.14 bits per heavy atom. The number of aromatic nitrogens is 1. The molecule has 0 spiro atoms. The average Bonchev–Trinajstić information content (AvgIpc) is 3.13. The summed E-state index contributed by atoms with van der Waals surface area (Å²) >= 11 is 0. The molecule has 0 aliphatic rings. The lowest BCUT2D eigenvalue weighted by molar-refractivity contribution is 0.0954. The first kappa shape index (κ1) is 21.3. The maximum atomic E-state index is 12.0. The monoisotopic (exact) mass is 387 g/mol. The normalized spacial score (nSPS) is 11.9. The highest BCUT2D eigenvalue weighted by molar-refractivity contribution is 5.94. The van der Waals surface area contributed by atoms with Gasteiger partial charge >= 0.3 is 0 Å². The van der Waals surface area contributed by atoms with Crippen LogP contribution in [0.2, 0.25) is 0 Å². The number of amides is 1. The molecule has 1 aromatic carbocycles. The summed E-state index contributed by atoms with van der Waals surface area (Å²) < 4.78 is 5.74. The van der Waals surface area contributed by atoms with Crippen molar-refractivity contribution in [3.05, 3.63) is 47.7 Å². The summed E-state index contributed by atoms with van der Waals surface area (Å²) in [7, 11) is 0. The van der Waals surface area contributed by atoms with Crippen LogP contribution in [0.3, 0.4) is 0 Å². The molecule has 0 radical (unpaired) electrons. The molecule has 1 amide bonds. The molecule has 0 bridgehead atoms. The van der Waals surface area contributed by atoms with Crippen molar-refractivity contribution in [1.29, 1.82) is 0 Å². The van der Waals surface area contributed by atoms with Crippen molar-refractivity contribution < 1.29 is 14.3 Å². The minimum atomic E-state index is -0.196. The van der Waals surface area contributed by atoms with Crippen LogP contribution in [0.15, 0.2) is 39.9 Å². The lowest BCUT2D eigenvalue weighted by Crippen LogP contribution is -2.41. The zero-order chi connectivity index (χ0) is 20.6. The van der Waals surface area contributed by atoms with Crippen LogP contribution in [0.1, 0.15) is 49.7 Å². The average molecular weight is 387 g/mol. The third-order valence-corrected chi connectivity index (χ3v) is 3.84. The van der Waals surface area contributed by atoms with Gasteiger partial charge in [0.15, 0.2) is 5.96 Å². The van der Waals surface area contributed by atoms with Crippen LogP contribution in [-0.2, 0) is 12.0 Å². The molecule has 28 heavy (non-hydrogen) atoms. The molecule has 4 N–H and O–H groups in total. The molecule has 8 heteroatoms. The van der Waals surface area contributed by atoms with Crippen molar-refractivity contribution in [2.45, 2.75) is 39.7 Å². The zero-order valence-electron chi connectivity index (χ0n) is 16.9. The highest BCUT2D eigenvalue weighted by atomic mass is 16.4. The zero-order valence-corrected chi connectivity index (χ0v) is 16.9. The van der Waals surface area contributed by atoms with E-state index >= 15 is 0 Å². The molecule has 2 aromatic rings. The van der Waals surface area contributed by atoms with E-state index in [2.05, 4.69) is 46.7 Å². The number of rotatable bonds is 7. The third kappa shape index (κ3) is 6.61. The topological polar surface area (TPSA) is 112 Å². The Morgan fingerprint density at radius 2 is 1.82 bits per heavy atom. The van der Waals surface area contributed by atoms with E-state index in [1.165, 1.54) is 12.1 Å². The molecular formula is C20H29N5O3. The molecule has 152 valence electrons. The third-order valence-electron chi connectivity index (χ3n) is 3.84. The minimum Gasteiger partial charge on any atom is -0.508 e. The fourth-order valence-corrected chi connectivity index (χ4v) is 2.29. The number of oxazole rings is 1. The Labute approximate surface area is 165 Å². The van der Waals surface area contributed by atoms with Gasteiger partial charge in [0.25, 0.3) is 5.91 Å². The van der Waals surface area contributed by atoms with Crippen LogP contribution >= 0.6 is 0 Å². The van der Waals surface area contributed by atoms with Crippen LogP contribution in [0.5, 0.6) is 5.75 Å². The number of carbonyl (C=O) groups excluding carboxylic acids is 1. The summed E-state index contributed by atoms with van der Waals surface area (Å²) in [6.07, 6.45) is 1.74. The standard InChI is InChI=1S/C20H29N5O3/c1-5-21-19(25-13-17-24-12-16(28-17)20(2,3)4)23-11-10-22-18(27)14-6-8-15(26)9-7-14/h6-9,12,26H,5,10-11,13H2,1-4H3,(H,22,27)(H2,21,23,25). The van der Waals surface area contributed by atoms with E-state index in [4.69, 9.17) is 4.42 Å². The quantitative estimate of drug-likeness (QED) is 0.329. The van der Waals surface area contributed by atoms with Crippen molar-refractivity contribution in [2.75, 3.05) is 19.6 Å². The number of hydrogen-bond donors (Lipinski definition) is 4. The number of aromatic hydroxyl groups is 1. The predicted molar refractivity (Wildman–Crippen MR) is 108 cm³/mol. The predicted octanol–water partition coefficient (Wildman–Crippen LogP) is 2.16. The van der Waals surface area contributed by atoms with E-state index in [9.17, 15) is 9.90 Å². The molecule has 2 rings (SSSR count). The summed E-state index contributed by atoms with van der Waals surface area (Å²) in [5, 5.41) is 18.4. The van der Waals surface area contributed by atoms with E-state index in [0.29, 0.717) is 43.6 Å². The van der Waals surface area contributed by atoms with Gasteiger partial charge in [-0.2, -0.15) is 0 Å². The van der Waals surface area contributed by atoms with Gasteiger partial charge < -0.3 is 25.5 Å². The van der Waals surface area contributed by atoms with Gasteiger partial charge in [-0.25, -0.2) is 9.98 Å². The number of phenols is 1. The lowest BCUT2D eigenvalue weighted by Gasteiger charge is -2.13. The van der Waals surface area contributed by atoms with Crippen molar-refractivity contribution in [3.8, 4) is 5.75 Å². The first-order valence-corrected chi connectivity index (χ1v) is 9.34. The smallest absolute Gasteiger partial charge is 0.251 e. The van der Waals surface area contributed by atoms with Gasteiger partial charge in [-0.1, -0.05) is 20.8 Å². The molecule has 0 fully saturated rings. The number of nitrogens with one attached hydrogen (secondary N) is 3. The number of benzene rings is 1. The van der Waals surface area contributed by atoms with Crippen molar-refractivity contribution in [2.24, 2.45) is 4.99 Å². The molecule has 0 unspecified atom stereocenters. The van der Waals surface area contributed by atoms with Crippen LogP contribution in [0.4, 0.5) is 0 Å². The lowest BCUT2D eigenvalue weighted by atomic mass is 9.94. The number of hydrogen-bond acceptors (Lipinski definition) is 5. The number of guanidine groups is 1. The number of nitrogens with zero attached hydrogens (tertiary/aromatic N) is 2. The van der Waals surface area contributed by atoms with E-state index in [1.807, 2.05) is 6.92 Å². The van der Waals surface area contributed by atoms with E-state index in [0.717, 1.165) is 5.76 Å². The van der Waals surface area contributed by atoms with Gasteiger partial charge in [0, 0.05) is 30.6 Å². The second-order valence-corrected chi connectivity index (χ2v) is 7.29. The second-order valence-electron chi connectivity index (χ2n) is 7.29. The van der Waals surface area contributed by atoms with Gasteiger partial charge in [-0.3, -0.25) is 4.79 Å². The first-order valence-electron chi connectivity index (χ1n) is 9.34. The van der Waals surface area contributed by atoms with Gasteiger partial charge in [-0.05, 0) is 31.2 Å². The van der Waals surface area contributed by atoms with Crippen LogP contribution in [0, 0.1) is 0 Å². The highest BCUT2D eigenvalue weighted by Crippen LogP contribution is 2.22. The molecule has 8 nitrogen and oxygen atoms in total. The fraction of sp³-hybridized carbons (Fsp3) is 0.450. The summed E-state index contributed by atoms with van der Waals surface area (Å²) in [6, 6.07) is 6.12. The van der Waals surface area contributed by atoms with Gasteiger partial charge in [-0.15, -0.1) is 0 Å². The minimum absolute atomic E-state index is 0.0899. The Bertz CT molecular complexity index is 791. The van der Waals surface area contributed by atoms with Gasteiger partial charge in [0.1, 0.15) is 18.1 Å². The summed E-state index contributed by atoms with van der Waals surface area (Å²) in [4.78, 5) is 20.8. The summed E-state index contributed by atoms with van der Waals surface area (Å²) in [6.45, 7) is 10.2. The Hall–Kier alpha value is -3.03. The Kier molecular flexibility index (Phi) is 7.43. The highest BCUT2D eigenvalue weighted by Gasteiger charge is 2.19. The summed E-state index contributed by atoms with van der Waals surface area (Å²) in [5.41, 5.74) is 0.407. The largest absolute Gasteiger partial charge is 0.508 e. The van der Waals surface area contributed by atoms with E-state index < -0.39 is 0 Å². The molecule has 1 aromatic heterocycles. The maximum Gasteiger partial charge on any atom is 0.251 e. The van der Waals surface area contributed by atoms with Crippen LogP contribution in [0.25, 0.3) is 0 Å². The second kappa shape index (κ2) is 9.77. The summed E-state index contributed by atoms with van der Waals surface area (Å²) in [5.74, 6) is 1.94. The van der Waals surface area contributed by atoms with Crippen molar-refractivity contribution >= 4 is 11.9 Å². The first-order chi connectivity index (χ1) is 13.3. The van der Waals surface area contributed by atoms with Crippen LogP contribution < -0.4 is 16.0 Å². The Balaban J connectivity index is 1.81. The van der Waals surface area contributed by atoms with Gasteiger partial charge in [0.05, 0.1) is 6.20 Å². The SMILES string of the molecule is CCNC(=NCc1ncc(C(C)(C)C)o1)NCCNC(=O)c1ccc(O)cc1. The molecule has 0 aliphatic carbocycles. The molecule has 0 aliphatic heterocycles. The molecule has 0 saturated carbocycles. The van der Waals surface area contributed by atoms with E-state index in [-0.39, 0.29) is 17.1 Å². The van der Waals surface area contributed by atoms with E-state index in [1.54, 1.807) is 18.3 Å². The number of aliphatic imine (C=N–C) groups is 1. The van der Waals surface area contributed by atoms with Crippen molar-refractivity contribution in [3.63, 3.8) is 0 Å². The van der Waals surface area contributed by atoms with Gasteiger partial charge in [0.2, 0.25) is 5.89 Å². The molecular weight excluding hydrogens is 358 g/mol. The Morgan fingerprint density at radius 3 is 2.43 bits per heavy atom. The molecule has 0 saturated heterocycles. The maximum absolute atomic E-state index is 12.0. The number of carbonyl (C=O) groups is 1. The molecule has 0 atom stereocenters. The van der Waals surface area contributed by atoms with Crippen molar-refractivity contribution in [1.82, 2.24) is 20.9 Å². The number of phenolic OH excluding ortho intramolecular Hbond substituents is 1. The molecule has 1 heterocycles.